The molecule has 0 saturated carbocycles. The molecule has 0 aliphatic carbocycles. The molecule has 3 aromatic carbocycles. The zero-order valence-corrected chi connectivity index (χ0v) is 15.0. The number of nitrogens with one attached hydrogen (secondary N) is 2. The number of hydrogen-bond acceptors (Lipinski definition) is 4. The number of aromatic nitrogens is 2. The second-order valence-corrected chi connectivity index (χ2v) is 6.16. The van der Waals surface area contributed by atoms with Crippen LogP contribution in [0.5, 0.6) is 0 Å². The quantitative estimate of drug-likeness (QED) is 0.513. The number of anilines is 3. The molecule has 5 nitrogen and oxygen atoms in total. The van der Waals surface area contributed by atoms with Crippen LogP contribution in [0.1, 0.15) is 10.4 Å². The van der Waals surface area contributed by atoms with Gasteiger partial charge in [0.05, 0.1) is 5.69 Å². The Balaban J connectivity index is 1.50. The van der Waals surface area contributed by atoms with Crippen LogP contribution in [0.15, 0.2) is 97.2 Å². The van der Waals surface area contributed by atoms with Crippen molar-refractivity contribution in [2.45, 2.75) is 0 Å². The van der Waals surface area contributed by atoms with Crippen molar-refractivity contribution in [1.29, 1.82) is 0 Å². The Morgan fingerprint density at radius 1 is 0.750 bits per heavy atom. The van der Waals surface area contributed by atoms with Gasteiger partial charge in [0.1, 0.15) is 0 Å². The van der Waals surface area contributed by atoms with Crippen LogP contribution in [0, 0.1) is 0 Å². The maximum Gasteiger partial charge on any atom is 0.255 e. The topological polar surface area (TPSA) is 66.9 Å². The molecule has 4 aromatic rings. The number of rotatable bonds is 5. The molecule has 28 heavy (non-hydrogen) atoms. The molecule has 2 N–H and O–H groups in total. The van der Waals surface area contributed by atoms with Crippen LogP contribution >= 0.6 is 0 Å². The molecule has 0 spiro atoms. The van der Waals surface area contributed by atoms with Gasteiger partial charge in [-0.3, -0.25) is 4.79 Å². The summed E-state index contributed by atoms with van der Waals surface area (Å²) in [4.78, 5) is 21.2. The molecule has 4 rings (SSSR count). The first kappa shape index (κ1) is 17.4. The Morgan fingerprint density at radius 2 is 1.46 bits per heavy atom. The highest BCUT2D eigenvalue weighted by atomic mass is 16.1. The monoisotopic (exact) mass is 366 g/mol. The van der Waals surface area contributed by atoms with Gasteiger partial charge in [0.2, 0.25) is 5.95 Å². The van der Waals surface area contributed by atoms with Gasteiger partial charge in [-0.15, -0.1) is 0 Å². The highest BCUT2D eigenvalue weighted by Gasteiger charge is 2.07. The average Bonchev–Trinajstić information content (AvgIpc) is 2.75. The predicted octanol–water partition coefficient (Wildman–Crippen LogP) is 5.14. The van der Waals surface area contributed by atoms with Crippen LogP contribution in [0.25, 0.3) is 11.3 Å². The van der Waals surface area contributed by atoms with Crippen molar-refractivity contribution in [2.24, 2.45) is 0 Å². The Bertz CT molecular complexity index is 1080. The Morgan fingerprint density at radius 3 is 2.25 bits per heavy atom. The fourth-order valence-corrected chi connectivity index (χ4v) is 2.79. The molecule has 0 fully saturated rings. The van der Waals surface area contributed by atoms with E-state index in [0.717, 1.165) is 16.9 Å². The molecule has 1 aromatic heterocycles. The summed E-state index contributed by atoms with van der Waals surface area (Å²) in [5.74, 6) is 0.341. The standard InChI is InChI=1S/C23H18N4O/c28-22(18-10-5-2-6-11-18)25-19-12-7-13-20(16-19)26-23-24-15-14-21(27-23)17-8-3-1-4-9-17/h1-16H,(H,25,28)(H,24,26,27). The lowest BCUT2D eigenvalue weighted by Crippen LogP contribution is -2.11. The minimum absolute atomic E-state index is 0.153. The lowest BCUT2D eigenvalue weighted by Gasteiger charge is -2.09. The van der Waals surface area contributed by atoms with Gasteiger partial charge in [-0.1, -0.05) is 54.6 Å². The first-order chi connectivity index (χ1) is 13.8. The molecular weight excluding hydrogens is 348 g/mol. The molecule has 1 heterocycles. The van der Waals surface area contributed by atoms with E-state index in [9.17, 15) is 4.79 Å². The van der Waals surface area contributed by atoms with Crippen LogP contribution in [0.4, 0.5) is 17.3 Å². The van der Waals surface area contributed by atoms with Gasteiger partial charge in [-0.05, 0) is 36.4 Å². The second kappa shape index (κ2) is 8.14. The summed E-state index contributed by atoms with van der Waals surface area (Å²) >= 11 is 0. The molecule has 0 atom stereocenters. The number of amides is 1. The van der Waals surface area contributed by atoms with Crippen molar-refractivity contribution in [3.05, 3.63) is 103 Å². The van der Waals surface area contributed by atoms with Gasteiger partial charge >= 0.3 is 0 Å². The highest BCUT2D eigenvalue weighted by molar-refractivity contribution is 6.04. The second-order valence-electron chi connectivity index (χ2n) is 6.16. The SMILES string of the molecule is O=C(Nc1cccc(Nc2nccc(-c3ccccc3)n2)c1)c1ccccc1. The van der Waals surface area contributed by atoms with E-state index in [1.54, 1.807) is 18.3 Å². The minimum atomic E-state index is -0.153. The van der Waals surface area contributed by atoms with E-state index < -0.39 is 0 Å². The van der Waals surface area contributed by atoms with E-state index in [1.807, 2.05) is 78.9 Å². The fourth-order valence-electron chi connectivity index (χ4n) is 2.79. The number of nitrogens with zero attached hydrogens (tertiary/aromatic N) is 2. The summed E-state index contributed by atoms with van der Waals surface area (Å²) in [7, 11) is 0. The molecule has 0 bridgehead atoms. The lowest BCUT2D eigenvalue weighted by atomic mass is 10.1. The molecule has 136 valence electrons. The maximum absolute atomic E-state index is 12.3. The largest absolute Gasteiger partial charge is 0.324 e. The maximum atomic E-state index is 12.3. The van der Waals surface area contributed by atoms with Crippen molar-refractivity contribution < 1.29 is 4.79 Å². The lowest BCUT2D eigenvalue weighted by molar-refractivity contribution is 0.102. The predicted molar refractivity (Wildman–Crippen MR) is 112 cm³/mol. The average molecular weight is 366 g/mol. The number of hydrogen-bond donors (Lipinski definition) is 2. The molecule has 1 amide bonds. The number of benzene rings is 3. The molecule has 0 aliphatic heterocycles. The van der Waals surface area contributed by atoms with Crippen LogP contribution in [-0.2, 0) is 0 Å². The summed E-state index contributed by atoms with van der Waals surface area (Å²) in [6, 6.07) is 28.4. The first-order valence-corrected chi connectivity index (χ1v) is 8.90. The third-order valence-corrected chi connectivity index (χ3v) is 4.14. The smallest absolute Gasteiger partial charge is 0.255 e. The molecule has 0 saturated heterocycles. The van der Waals surface area contributed by atoms with Crippen molar-refractivity contribution >= 4 is 23.2 Å². The molecule has 0 radical (unpaired) electrons. The van der Waals surface area contributed by atoms with E-state index in [2.05, 4.69) is 20.6 Å². The normalized spacial score (nSPS) is 10.3. The van der Waals surface area contributed by atoms with Gasteiger partial charge in [0, 0.05) is 28.7 Å². The minimum Gasteiger partial charge on any atom is -0.324 e. The summed E-state index contributed by atoms with van der Waals surface area (Å²) in [6.07, 6.45) is 1.72. The van der Waals surface area contributed by atoms with Gasteiger partial charge in [-0.2, -0.15) is 0 Å². The number of carbonyl (C=O) groups excluding carboxylic acids is 1. The highest BCUT2D eigenvalue weighted by Crippen LogP contribution is 2.21. The van der Waals surface area contributed by atoms with E-state index >= 15 is 0 Å². The van der Waals surface area contributed by atoms with Crippen molar-refractivity contribution in [1.82, 2.24) is 9.97 Å². The summed E-state index contributed by atoms with van der Waals surface area (Å²) in [5, 5.41) is 6.10. The third-order valence-electron chi connectivity index (χ3n) is 4.14. The summed E-state index contributed by atoms with van der Waals surface area (Å²) in [6.45, 7) is 0. The Labute approximate surface area is 163 Å². The van der Waals surface area contributed by atoms with Gasteiger partial charge in [0.25, 0.3) is 5.91 Å². The van der Waals surface area contributed by atoms with Gasteiger partial charge in [-0.25, -0.2) is 9.97 Å². The Hall–Kier alpha value is -3.99. The zero-order chi connectivity index (χ0) is 19.2. The first-order valence-electron chi connectivity index (χ1n) is 8.90. The van der Waals surface area contributed by atoms with E-state index in [1.165, 1.54) is 0 Å². The van der Waals surface area contributed by atoms with E-state index in [0.29, 0.717) is 17.2 Å². The van der Waals surface area contributed by atoms with Crippen molar-refractivity contribution in [2.75, 3.05) is 10.6 Å². The van der Waals surface area contributed by atoms with Crippen LogP contribution in [-0.4, -0.2) is 15.9 Å². The fraction of sp³-hybridized carbons (Fsp3) is 0. The van der Waals surface area contributed by atoms with Crippen LogP contribution < -0.4 is 10.6 Å². The van der Waals surface area contributed by atoms with Crippen molar-refractivity contribution in [3.8, 4) is 11.3 Å². The van der Waals surface area contributed by atoms with Crippen molar-refractivity contribution in [3.63, 3.8) is 0 Å². The zero-order valence-electron chi connectivity index (χ0n) is 15.0. The molecule has 0 aliphatic rings. The summed E-state index contributed by atoms with van der Waals surface area (Å²) in [5.41, 5.74) is 3.96. The number of carbonyl (C=O) groups is 1. The van der Waals surface area contributed by atoms with E-state index in [4.69, 9.17) is 0 Å². The third kappa shape index (κ3) is 4.22. The van der Waals surface area contributed by atoms with Gasteiger partial charge in [0.15, 0.2) is 0 Å². The van der Waals surface area contributed by atoms with E-state index in [-0.39, 0.29) is 5.91 Å². The van der Waals surface area contributed by atoms with Crippen LogP contribution in [0.2, 0.25) is 0 Å². The molecular formula is C23H18N4O. The Kier molecular flexibility index (Phi) is 5.06. The van der Waals surface area contributed by atoms with Crippen LogP contribution in [0.3, 0.4) is 0 Å². The summed E-state index contributed by atoms with van der Waals surface area (Å²) < 4.78 is 0. The molecule has 0 unspecified atom stereocenters. The van der Waals surface area contributed by atoms with Gasteiger partial charge < -0.3 is 10.6 Å². The molecule has 5 heteroatoms.